The minimum absolute atomic E-state index is 0.152. The first-order valence-electron chi connectivity index (χ1n) is 11.3. The Morgan fingerprint density at radius 2 is 1.39 bits per heavy atom. The number of Topliss-reactive ketones (excluding diaryl/α,β-unsaturated/α-hetero) is 1. The van der Waals surface area contributed by atoms with E-state index in [2.05, 4.69) is 19.1 Å². The topological polar surface area (TPSA) is 63.6 Å². The van der Waals surface area contributed by atoms with Gasteiger partial charge in [0.1, 0.15) is 5.57 Å². The highest BCUT2D eigenvalue weighted by molar-refractivity contribution is 6.19. The zero-order valence-corrected chi connectivity index (χ0v) is 18.2. The lowest BCUT2D eigenvalue weighted by Crippen LogP contribution is -2.22. The molecule has 28 heavy (non-hydrogen) atoms. The van der Waals surface area contributed by atoms with E-state index in [4.69, 9.17) is 4.74 Å². The SMILES string of the molecule is CCCCCCCC/C=C\CCCCCCCC(=O)C1=C(O)C(C)(C)OC1=O. The summed E-state index contributed by atoms with van der Waals surface area (Å²) >= 11 is 0. The second-order valence-electron chi connectivity index (χ2n) is 8.38. The molecule has 0 aliphatic carbocycles. The summed E-state index contributed by atoms with van der Waals surface area (Å²) in [5.41, 5.74) is -1.23. The predicted octanol–water partition coefficient (Wildman–Crippen LogP) is 6.74. The number of carbonyl (C=O) groups excluding carboxylic acids is 2. The highest BCUT2D eigenvalue weighted by atomic mass is 16.6. The van der Waals surface area contributed by atoms with Crippen molar-refractivity contribution in [2.75, 3.05) is 0 Å². The van der Waals surface area contributed by atoms with Gasteiger partial charge in [-0.1, -0.05) is 70.4 Å². The number of unbranched alkanes of at least 4 members (excludes halogenated alkanes) is 11. The van der Waals surface area contributed by atoms with Crippen LogP contribution in [0.25, 0.3) is 0 Å². The summed E-state index contributed by atoms with van der Waals surface area (Å²) in [6, 6.07) is 0. The van der Waals surface area contributed by atoms with Gasteiger partial charge in [-0.15, -0.1) is 0 Å². The number of allylic oxidation sites excluding steroid dienone is 2. The zero-order chi connectivity index (χ0) is 20.8. The molecule has 0 bridgehead atoms. The van der Waals surface area contributed by atoms with Crippen LogP contribution in [0, 0.1) is 0 Å². The maximum atomic E-state index is 12.2. The van der Waals surface area contributed by atoms with Gasteiger partial charge in [0, 0.05) is 6.42 Å². The molecular formula is C24H40O4. The van der Waals surface area contributed by atoms with Crippen molar-refractivity contribution < 1.29 is 19.4 Å². The van der Waals surface area contributed by atoms with E-state index in [9.17, 15) is 14.7 Å². The van der Waals surface area contributed by atoms with Crippen LogP contribution in [0.1, 0.15) is 111 Å². The van der Waals surface area contributed by atoms with Gasteiger partial charge < -0.3 is 9.84 Å². The van der Waals surface area contributed by atoms with Gasteiger partial charge >= 0.3 is 5.97 Å². The number of hydrogen-bond donors (Lipinski definition) is 1. The standard InChI is InChI=1S/C24H40O4/c1-4-5-6-7-8-9-10-11-12-13-14-15-16-17-18-19-20(25)21-22(26)24(2,3)28-23(21)27/h11-12,26H,4-10,13-19H2,1-3H3/b12-11-. The first kappa shape index (κ1) is 24.5. The molecule has 0 atom stereocenters. The fourth-order valence-corrected chi connectivity index (χ4v) is 3.46. The summed E-state index contributed by atoms with van der Waals surface area (Å²) in [6.07, 6.45) is 20.5. The van der Waals surface area contributed by atoms with Crippen molar-refractivity contribution in [3.63, 3.8) is 0 Å². The van der Waals surface area contributed by atoms with Gasteiger partial charge in [-0.05, 0) is 46.0 Å². The van der Waals surface area contributed by atoms with E-state index < -0.39 is 11.6 Å². The number of rotatable bonds is 16. The summed E-state index contributed by atoms with van der Waals surface area (Å²) in [5.74, 6) is -1.22. The van der Waals surface area contributed by atoms with Gasteiger partial charge in [0.15, 0.2) is 17.1 Å². The van der Waals surface area contributed by atoms with Crippen molar-refractivity contribution in [1.29, 1.82) is 0 Å². The molecule has 4 nitrogen and oxygen atoms in total. The van der Waals surface area contributed by atoms with E-state index in [0.29, 0.717) is 6.42 Å². The molecule has 1 rings (SSSR count). The van der Waals surface area contributed by atoms with Crippen LogP contribution in [0.4, 0.5) is 0 Å². The fourth-order valence-electron chi connectivity index (χ4n) is 3.46. The van der Waals surface area contributed by atoms with Gasteiger partial charge in [-0.3, -0.25) is 4.79 Å². The minimum atomic E-state index is -1.08. The van der Waals surface area contributed by atoms with Crippen LogP contribution in [0.5, 0.6) is 0 Å². The highest BCUT2D eigenvalue weighted by Crippen LogP contribution is 2.31. The van der Waals surface area contributed by atoms with Crippen molar-refractivity contribution in [2.45, 2.75) is 116 Å². The van der Waals surface area contributed by atoms with Crippen molar-refractivity contribution in [3.05, 3.63) is 23.5 Å². The summed E-state index contributed by atoms with van der Waals surface area (Å²) in [4.78, 5) is 23.9. The lowest BCUT2D eigenvalue weighted by Gasteiger charge is -2.15. The number of ketones is 1. The molecule has 0 aromatic rings. The van der Waals surface area contributed by atoms with E-state index in [0.717, 1.165) is 25.7 Å². The molecular weight excluding hydrogens is 352 g/mol. The van der Waals surface area contributed by atoms with Crippen LogP contribution in [0.3, 0.4) is 0 Å². The molecule has 0 amide bonds. The maximum Gasteiger partial charge on any atom is 0.346 e. The average Bonchev–Trinajstić information content (AvgIpc) is 2.85. The third-order valence-corrected chi connectivity index (χ3v) is 5.30. The second kappa shape index (κ2) is 13.6. The maximum absolute atomic E-state index is 12.2. The van der Waals surface area contributed by atoms with E-state index >= 15 is 0 Å². The molecule has 0 saturated carbocycles. The Bertz CT molecular complexity index is 543. The Kier molecular flexibility index (Phi) is 11.9. The molecule has 1 aliphatic rings. The lowest BCUT2D eigenvalue weighted by atomic mass is 9.99. The number of carbonyl (C=O) groups is 2. The quantitative estimate of drug-likeness (QED) is 0.137. The number of hydrogen-bond acceptors (Lipinski definition) is 4. The Balaban J connectivity index is 1.99. The molecule has 0 spiro atoms. The van der Waals surface area contributed by atoms with Crippen molar-refractivity contribution in [1.82, 2.24) is 0 Å². The van der Waals surface area contributed by atoms with Gasteiger partial charge in [0.25, 0.3) is 0 Å². The Morgan fingerprint density at radius 3 is 1.89 bits per heavy atom. The number of esters is 1. The normalized spacial score (nSPS) is 16.2. The fraction of sp³-hybridized carbons (Fsp3) is 0.750. The van der Waals surface area contributed by atoms with Crippen LogP contribution in [-0.4, -0.2) is 22.5 Å². The van der Waals surface area contributed by atoms with Crippen molar-refractivity contribution in [3.8, 4) is 0 Å². The molecule has 1 N–H and O–H groups in total. The van der Waals surface area contributed by atoms with E-state index in [-0.39, 0.29) is 17.1 Å². The van der Waals surface area contributed by atoms with Gasteiger partial charge in [0.2, 0.25) is 0 Å². The molecule has 160 valence electrons. The Morgan fingerprint density at radius 1 is 0.893 bits per heavy atom. The van der Waals surface area contributed by atoms with Gasteiger partial charge in [0.05, 0.1) is 0 Å². The summed E-state index contributed by atoms with van der Waals surface area (Å²) < 4.78 is 5.03. The molecule has 0 unspecified atom stereocenters. The summed E-state index contributed by atoms with van der Waals surface area (Å²) in [6.45, 7) is 5.42. The number of aliphatic hydroxyl groups is 1. The Labute approximate surface area is 171 Å². The molecule has 0 saturated heterocycles. The van der Waals surface area contributed by atoms with Crippen LogP contribution in [0.15, 0.2) is 23.5 Å². The van der Waals surface area contributed by atoms with Crippen LogP contribution in [-0.2, 0) is 14.3 Å². The summed E-state index contributed by atoms with van der Waals surface area (Å²) in [5, 5.41) is 9.99. The monoisotopic (exact) mass is 392 g/mol. The second-order valence-corrected chi connectivity index (χ2v) is 8.38. The number of aliphatic hydroxyl groups excluding tert-OH is 1. The van der Waals surface area contributed by atoms with Crippen LogP contribution >= 0.6 is 0 Å². The Hall–Kier alpha value is -1.58. The molecule has 0 radical (unpaired) electrons. The third-order valence-electron chi connectivity index (χ3n) is 5.30. The third kappa shape index (κ3) is 9.07. The number of ether oxygens (including phenoxy) is 1. The molecule has 0 fully saturated rings. The molecule has 0 aromatic carbocycles. The van der Waals surface area contributed by atoms with Crippen molar-refractivity contribution >= 4 is 11.8 Å². The minimum Gasteiger partial charge on any atom is -0.507 e. The van der Waals surface area contributed by atoms with E-state index in [1.807, 2.05) is 0 Å². The molecule has 0 aromatic heterocycles. The first-order chi connectivity index (χ1) is 13.4. The molecule has 1 aliphatic heterocycles. The van der Waals surface area contributed by atoms with Crippen molar-refractivity contribution in [2.24, 2.45) is 0 Å². The molecule has 1 heterocycles. The largest absolute Gasteiger partial charge is 0.507 e. The number of cyclic esters (lactones) is 1. The van der Waals surface area contributed by atoms with Gasteiger partial charge in [-0.2, -0.15) is 0 Å². The predicted molar refractivity (Wildman–Crippen MR) is 114 cm³/mol. The average molecular weight is 393 g/mol. The van der Waals surface area contributed by atoms with E-state index in [1.54, 1.807) is 13.8 Å². The zero-order valence-electron chi connectivity index (χ0n) is 18.2. The van der Waals surface area contributed by atoms with Crippen LogP contribution in [0.2, 0.25) is 0 Å². The van der Waals surface area contributed by atoms with E-state index in [1.165, 1.54) is 57.8 Å². The smallest absolute Gasteiger partial charge is 0.346 e. The lowest BCUT2D eigenvalue weighted by molar-refractivity contribution is -0.146. The summed E-state index contributed by atoms with van der Waals surface area (Å²) in [7, 11) is 0. The highest BCUT2D eigenvalue weighted by Gasteiger charge is 2.43. The first-order valence-corrected chi connectivity index (χ1v) is 11.3. The molecule has 4 heteroatoms. The van der Waals surface area contributed by atoms with Crippen LogP contribution < -0.4 is 0 Å². The van der Waals surface area contributed by atoms with Gasteiger partial charge in [-0.25, -0.2) is 4.79 Å².